The SMILES string of the molecule is CCCCc1nnc(-c2ccc([N+](=O)[O-])cc2)o1. The second-order valence-electron chi connectivity index (χ2n) is 3.91. The van der Waals surface area contributed by atoms with Gasteiger partial charge in [-0.25, -0.2) is 0 Å². The van der Waals surface area contributed by atoms with Crippen molar-refractivity contribution in [1.82, 2.24) is 10.2 Å². The van der Waals surface area contributed by atoms with Gasteiger partial charge >= 0.3 is 0 Å². The van der Waals surface area contributed by atoms with Crippen molar-refractivity contribution in [1.29, 1.82) is 0 Å². The number of benzene rings is 1. The number of aryl methyl sites for hydroxylation is 1. The molecule has 1 aromatic carbocycles. The van der Waals surface area contributed by atoms with Crippen LogP contribution in [0.2, 0.25) is 0 Å². The van der Waals surface area contributed by atoms with Crippen LogP contribution in [-0.4, -0.2) is 15.1 Å². The predicted molar refractivity (Wildman–Crippen MR) is 65.0 cm³/mol. The fourth-order valence-electron chi connectivity index (χ4n) is 1.53. The molecule has 18 heavy (non-hydrogen) atoms. The lowest BCUT2D eigenvalue weighted by molar-refractivity contribution is -0.384. The molecule has 1 heterocycles. The number of non-ortho nitro benzene ring substituents is 1. The zero-order chi connectivity index (χ0) is 13.0. The molecule has 2 aromatic rings. The first-order valence-corrected chi connectivity index (χ1v) is 5.78. The molecule has 0 bridgehead atoms. The summed E-state index contributed by atoms with van der Waals surface area (Å²) < 4.78 is 5.48. The zero-order valence-electron chi connectivity index (χ0n) is 10.00. The molecule has 0 amide bonds. The van der Waals surface area contributed by atoms with Gasteiger partial charge < -0.3 is 4.42 Å². The number of rotatable bonds is 5. The van der Waals surface area contributed by atoms with Gasteiger partial charge in [-0.05, 0) is 18.6 Å². The third-order valence-corrected chi connectivity index (χ3v) is 2.54. The van der Waals surface area contributed by atoms with E-state index in [4.69, 9.17) is 4.42 Å². The minimum Gasteiger partial charge on any atom is -0.421 e. The first kappa shape index (κ1) is 12.2. The standard InChI is InChI=1S/C12H13N3O3/c1-2-3-4-11-13-14-12(18-11)9-5-7-10(8-6-9)15(16)17/h5-8H,2-4H2,1H3. The fourth-order valence-corrected chi connectivity index (χ4v) is 1.53. The lowest BCUT2D eigenvalue weighted by Crippen LogP contribution is -1.87. The highest BCUT2D eigenvalue weighted by Crippen LogP contribution is 2.21. The van der Waals surface area contributed by atoms with Crippen LogP contribution in [0.5, 0.6) is 0 Å². The summed E-state index contributed by atoms with van der Waals surface area (Å²) in [6, 6.07) is 6.06. The molecular formula is C12H13N3O3. The maximum atomic E-state index is 10.5. The number of hydrogen-bond donors (Lipinski definition) is 0. The Labute approximate surface area is 104 Å². The van der Waals surface area contributed by atoms with Gasteiger partial charge in [0.15, 0.2) is 0 Å². The van der Waals surface area contributed by atoms with Gasteiger partial charge in [0.2, 0.25) is 11.8 Å². The average Bonchev–Trinajstić information content (AvgIpc) is 2.85. The molecule has 0 N–H and O–H groups in total. The molecule has 0 aliphatic heterocycles. The van der Waals surface area contributed by atoms with E-state index >= 15 is 0 Å². The fraction of sp³-hybridized carbons (Fsp3) is 0.333. The molecular weight excluding hydrogens is 234 g/mol. The Morgan fingerprint density at radius 2 is 2.00 bits per heavy atom. The minimum atomic E-state index is -0.440. The van der Waals surface area contributed by atoms with Crippen LogP contribution >= 0.6 is 0 Å². The molecule has 0 saturated heterocycles. The molecule has 0 spiro atoms. The van der Waals surface area contributed by atoms with Crippen LogP contribution in [0.25, 0.3) is 11.5 Å². The van der Waals surface area contributed by atoms with Crippen LogP contribution in [0.4, 0.5) is 5.69 Å². The zero-order valence-corrected chi connectivity index (χ0v) is 10.00. The number of nitrogens with zero attached hydrogens (tertiary/aromatic N) is 3. The molecule has 0 radical (unpaired) electrons. The largest absolute Gasteiger partial charge is 0.421 e. The Balaban J connectivity index is 2.15. The van der Waals surface area contributed by atoms with E-state index in [0.717, 1.165) is 19.3 Å². The Kier molecular flexibility index (Phi) is 3.66. The second-order valence-corrected chi connectivity index (χ2v) is 3.91. The first-order valence-electron chi connectivity index (χ1n) is 5.78. The van der Waals surface area contributed by atoms with E-state index in [0.29, 0.717) is 17.3 Å². The molecule has 0 unspecified atom stereocenters. The number of hydrogen-bond acceptors (Lipinski definition) is 5. The summed E-state index contributed by atoms with van der Waals surface area (Å²) in [6.45, 7) is 2.09. The van der Waals surface area contributed by atoms with Crippen LogP contribution in [0, 0.1) is 10.1 Å². The van der Waals surface area contributed by atoms with Gasteiger partial charge in [-0.2, -0.15) is 0 Å². The third kappa shape index (κ3) is 2.71. The van der Waals surface area contributed by atoms with Gasteiger partial charge in [0.05, 0.1) is 4.92 Å². The molecule has 1 aromatic heterocycles. The molecule has 0 saturated carbocycles. The van der Waals surface area contributed by atoms with Gasteiger partial charge in [-0.3, -0.25) is 10.1 Å². The Bertz CT molecular complexity index is 534. The van der Waals surface area contributed by atoms with Gasteiger partial charge in [-0.1, -0.05) is 13.3 Å². The highest BCUT2D eigenvalue weighted by molar-refractivity contribution is 5.55. The number of unbranched alkanes of at least 4 members (excludes halogenated alkanes) is 1. The van der Waals surface area contributed by atoms with Crippen molar-refractivity contribution in [2.75, 3.05) is 0 Å². The van der Waals surface area contributed by atoms with E-state index in [1.165, 1.54) is 12.1 Å². The van der Waals surface area contributed by atoms with Crippen molar-refractivity contribution in [3.05, 3.63) is 40.3 Å². The van der Waals surface area contributed by atoms with Crippen molar-refractivity contribution in [3.63, 3.8) is 0 Å². The monoisotopic (exact) mass is 247 g/mol. The molecule has 6 heteroatoms. The lowest BCUT2D eigenvalue weighted by atomic mass is 10.2. The minimum absolute atomic E-state index is 0.0458. The normalized spacial score (nSPS) is 10.5. The molecule has 2 rings (SSSR count). The first-order chi connectivity index (χ1) is 8.70. The van der Waals surface area contributed by atoms with Gasteiger partial charge in [0, 0.05) is 24.1 Å². The van der Waals surface area contributed by atoms with E-state index in [-0.39, 0.29) is 5.69 Å². The van der Waals surface area contributed by atoms with Crippen LogP contribution in [-0.2, 0) is 6.42 Å². The molecule has 6 nitrogen and oxygen atoms in total. The van der Waals surface area contributed by atoms with Crippen molar-refractivity contribution < 1.29 is 9.34 Å². The highest BCUT2D eigenvalue weighted by atomic mass is 16.6. The van der Waals surface area contributed by atoms with E-state index in [2.05, 4.69) is 17.1 Å². The summed E-state index contributed by atoms with van der Waals surface area (Å²) in [5.41, 5.74) is 0.736. The van der Waals surface area contributed by atoms with Crippen molar-refractivity contribution in [2.45, 2.75) is 26.2 Å². The number of nitro groups is 1. The van der Waals surface area contributed by atoms with Crippen LogP contribution in [0.1, 0.15) is 25.7 Å². The van der Waals surface area contributed by atoms with Gasteiger partial charge in [-0.15, -0.1) is 10.2 Å². The molecule has 94 valence electrons. The van der Waals surface area contributed by atoms with Crippen LogP contribution in [0.3, 0.4) is 0 Å². The lowest BCUT2D eigenvalue weighted by Gasteiger charge is -1.94. The maximum absolute atomic E-state index is 10.5. The maximum Gasteiger partial charge on any atom is 0.269 e. The third-order valence-electron chi connectivity index (χ3n) is 2.54. The van der Waals surface area contributed by atoms with Crippen molar-refractivity contribution in [3.8, 4) is 11.5 Å². The van der Waals surface area contributed by atoms with Crippen LogP contribution in [0.15, 0.2) is 28.7 Å². The molecule has 0 aliphatic carbocycles. The Morgan fingerprint density at radius 1 is 1.28 bits per heavy atom. The van der Waals surface area contributed by atoms with Crippen molar-refractivity contribution >= 4 is 5.69 Å². The smallest absolute Gasteiger partial charge is 0.269 e. The van der Waals surface area contributed by atoms with E-state index < -0.39 is 4.92 Å². The summed E-state index contributed by atoms with van der Waals surface area (Å²) in [5.74, 6) is 1.00. The summed E-state index contributed by atoms with van der Waals surface area (Å²) in [6.07, 6.45) is 2.83. The Morgan fingerprint density at radius 3 is 2.61 bits per heavy atom. The molecule has 0 aliphatic rings. The number of aromatic nitrogens is 2. The summed E-state index contributed by atoms with van der Waals surface area (Å²) in [5, 5.41) is 18.4. The summed E-state index contributed by atoms with van der Waals surface area (Å²) in [4.78, 5) is 10.1. The molecule has 0 atom stereocenters. The van der Waals surface area contributed by atoms with Gasteiger partial charge in [0.25, 0.3) is 5.69 Å². The highest BCUT2D eigenvalue weighted by Gasteiger charge is 2.10. The van der Waals surface area contributed by atoms with E-state index in [1.54, 1.807) is 12.1 Å². The summed E-state index contributed by atoms with van der Waals surface area (Å²) >= 11 is 0. The second kappa shape index (κ2) is 5.39. The van der Waals surface area contributed by atoms with Crippen molar-refractivity contribution in [2.24, 2.45) is 0 Å². The topological polar surface area (TPSA) is 82.1 Å². The van der Waals surface area contributed by atoms with E-state index in [1.807, 2.05) is 0 Å². The number of nitro benzene ring substituents is 1. The predicted octanol–water partition coefficient (Wildman–Crippen LogP) is 2.99. The van der Waals surface area contributed by atoms with Gasteiger partial charge in [0.1, 0.15) is 0 Å². The Hall–Kier alpha value is -2.24. The quantitative estimate of drug-likeness (QED) is 0.599. The van der Waals surface area contributed by atoms with E-state index in [9.17, 15) is 10.1 Å². The van der Waals surface area contributed by atoms with Crippen LogP contribution < -0.4 is 0 Å². The average molecular weight is 247 g/mol. The summed E-state index contributed by atoms with van der Waals surface area (Å²) in [7, 11) is 0. The molecule has 0 fully saturated rings.